The van der Waals surface area contributed by atoms with Gasteiger partial charge in [-0.25, -0.2) is 8.42 Å². The molecule has 0 aromatic heterocycles. The minimum Gasteiger partial charge on any atom is -0.423 e. The lowest BCUT2D eigenvalue weighted by Crippen LogP contribution is -2.28. The van der Waals surface area contributed by atoms with Crippen LogP contribution in [0.2, 0.25) is 0 Å². The van der Waals surface area contributed by atoms with Gasteiger partial charge in [0.05, 0.1) is 11.5 Å². The first-order chi connectivity index (χ1) is 11.3. The van der Waals surface area contributed by atoms with Gasteiger partial charge in [-0.15, -0.1) is 0 Å². The highest BCUT2D eigenvalue weighted by Gasteiger charge is 2.27. The van der Waals surface area contributed by atoms with Crippen LogP contribution in [0.3, 0.4) is 0 Å². The van der Waals surface area contributed by atoms with E-state index in [2.05, 4.69) is 10.0 Å². The van der Waals surface area contributed by atoms with Crippen molar-refractivity contribution in [1.29, 1.82) is 0 Å². The lowest BCUT2D eigenvalue weighted by molar-refractivity contribution is -0.114. The zero-order chi connectivity index (χ0) is 17.3. The van der Waals surface area contributed by atoms with Crippen molar-refractivity contribution in [2.24, 2.45) is 0 Å². The van der Waals surface area contributed by atoms with Crippen molar-refractivity contribution in [3.8, 4) is 0 Å². The largest absolute Gasteiger partial charge is 0.491 e. The molecule has 2 aromatic rings. The number of benzene rings is 2. The third kappa shape index (κ3) is 3.43. The van der Waals surface area contributed by atoms with Crippen LogP contribution in [0.15, 0.2) is 47.4 Å². The molecule has 0 spiro atoms. The second-order valence-corrected chi connectivity index (χ2v) is 7.07. The number of rotatable bonds is 4. The molecule has 1 aliphatic heterocycles. The minimum absolute atomic E-state index is 0.0638. The first kappa shape index (κ1) is 16.5. The molecule has 0 atom stereocenters. The van der Waals surface area contributed by atoms with Gasteiger partial charge in [-0.1, -0.05) is 6.07 Å². The van der Waals surface area contributed by atoms with Crippen LogP contribution in [0.5, 0.6) is 0 Å². The van der Waals surface area contributed by atoms with Gasteiger partial charge in [0.15, 0.2) is 0 Å². The molecule has 1 heterocycles. The SMILES string of the molecule is CC(=O)Nc1ccc(S(=O)(=O)Nc2ccc3c(c2)B(O)OC3)cc1. The van der Waals surface area contributed by atoms with E-state index in [1.54, 1.807) is 18.2 Å². The van der Waals surface area contributed by atoms with Crippen LogP contribution in [0.4, 0.5) is 11.4 Å². The van der Waals surface area contributed by atoms with E-state index in [-0.39, 0.29) is 10.8 Å². The Morgan fingerprint density at radius 1 is 1.17 bits per heavy atom. The maximum atomic E-state index is 12.4. The highest BCUT2D eigenvalue weighted by atomic mass is 32.2. The Kier molecular flexibility index (Phi) is 4.31. The summed E-state index contributed by atoms with van der Waals surface area (Å²) in [6, 6.07) is 10.7. The Morgan fingerprint density at radius 3 is 2.50 bits per heavy atom. The lowest BCUT2D eigenvalue weighted by atomic mass is 9.79. The highest BCUT2D eigenvalue weighted by Crippen LogP contribution is 2.20. The first-order valence-corrected chi connectivity index (χ1v) is 8.66. The molecule has 0 fully saturated rings. The third-order valence-electron chi connectivity index (χ3n) is 3.55. The van der Waals surface area contributed by atoms with E-state index in [0.29, 0.717) is 23.4 Å². The summed E-state index contributed by atoms with van der Waals surface area (Å²) in [6.45, 7) is 1.67. The van der Waals surface area contributed by atoms with E-state index in [0.717, 1.165) is 5.56 Å². The standard InChI is InChI=1S/C15H15BN2O5S/c1-10(19)17-12-4-6-14(7-5-12)24(21,22)18-13-3-2-11-9-23-16(20)15(11)8-13/h2-8,18,20H,9H2,1H3,(H,17,19). The molecule has 0 saturated heterocycles. The summed E-state index contributed by atoms with van der Waals surface area (Å²) in [5, 5.41) is 12.3. The molecule has 1 amide bonds. The fourth-order valence-corrected chi connectivity index (χ4v) is 3.46. The average Bonchev–Trinajstić information content (AvgIpc) is 2.88. The number of hydrogen-bond donors (Lipinski definition) is 3. The van der Waals surface area contributed by atoms with Crippen LogP contribution in [-0.4, -0.2) is 26.5 Å². The van der Waals surface area contributed by atoms with Gasteiger partial charge in [0, 0.05) is 18.3 Å². The van der Waals surface area contributed by atoms with Crippen LogP contribution in [0, 0.1) is 0 Å². The Balaban J connectivity index is 1.81. The van der Waals surface area contributed by atoms with E-state index in [1.165, 1.54) is 31.2 Å². The van der Waals surface area contributed by atoms with Gasteiger partial charge in [-0.2, -0.15) is 0 Å². The molecule has 0 bridgehead atoms. The molecule has 3 N–H and O–H groups in total. The van der Waals surface area contributed by atoms with Crippen LogP contribution in [0.1, 0.15) is 12.5 Å². The molecule has 9 heteroatoms. The predicted octanol–water partition coefficient (Wildman–Crippen LogP) is 0.663. The first-order valence-electron chi connectivity index (χ1n) is 7.18. The number of sulfonamides is 1. The molecule has 2 aromatic carbocycles. The van der Waals surface area contributed by atoms with Crippen molar-refractivity contribution in [1.82, 2.24) is 0 Å². The summed E-state index contributed by atoms with van der Waals surface area (Å²) in [4.78, 5) is 11.0. The van der Waals surface area contributed by atoms with Gasteiger partial charge in [0.25, 0.3) is 10.0 Å². The van der Waals surface area contributed by atoms with Gasteiger partial charge in [-0.05, 0) is 47.4 Å². The summed E-state index contributed by atoms with van der Waals surface area (Å²) < 4.78 is 32.4. The van der Waals surface area contributed by atoms with Crippen LogP contribution in [-0.2, 0) is 26.1 Å². The molecule has 0 saturated carbocycles. The highest BCUT2D eigenvalue weighted by molar-refractivity contribution is 7.92. The molecule has 3 rings (SSSR count). The minimum atomic E-state index is -3.78. The number of carbonyl (C=O) groups is 1. The van der Waals surface area contributed by atoms with Crippen molar-refractivity contribution in [3.63, 3.8) is 0 Å². The number of anilines is 2. The number of nitrogens with one attached hydrogen (secondary N) is 2. The predicted molar refractivity (Wildman–Crippen MR) is 90.4 cm³/mol. The van der Waals surface area contributed by atoms with Crippen LogP contribution in [0.25, 0.3) is 0 Å². The number of fused-ring (bicyclic) bond motifs is 1. The second-order valence-electron chi connectivity index (χ2n) is 5.39. The fourth-order valence-electron chi connectivity index (χ4n) is 2.41. The molecule has 7 nitrogen and oxygen atoms in total. The van der Waals surface area contributed by atoms with Gasteiger partial charge in [0.2, 0.25) is 5.91 Å². The summed E-state index contributed by atoms with van der Waals surface area (Å²) in [6.07, 6.45) is 0. The van der Waals surface area contributed by atoms with E-state index >= 15 is 0 Å². The third-order valence-corrected chi connectivity index (χ3v) is 4.94. The normalized spacial score (nSPS) is 13.5. The van der Waals surface area contributed by atoms with Gasteiger partial charge >= 0.3 is 7.12 Å². The molecule has 0 unspecified atom stereocenters. The summed E-state index contributed by atoms with van der Waals surface area (Å²) in [5.41, 5.74) is 2.23. The summed E-state index contributed by atoms with van der Waals surface area (Å²) in [5.74, 6) is -0.234. The fraction of sp³-hybridized carbons (Fsp3) is 0.133. The van der Waals surface area contributed by atoms with E-state index in [9.17, 15) is 18.2 Å². The molecular weight excluding hydrogens is 331 g/mol. The van der Waals surface area contributed by atoms with Crippen molar-refractivity contribution in [3.05, 3.63) is 48.0 Å². The van der Waals surface area contributed by atoms with Crippen LogP contribution >= 0.6 is 0 Å². The van der Waals surface area contributed by atoms with Crippen molar-refractivity contribution in [2.75, 3.05) is 10.0 Å². The maximum Gasteiger partial charge on any atom is 0.491 e. The Hall–Kier alpha value is -2.36. The van der Waals surface area contributed by atoms with E-state index in [4.69, 9.17) is 4.65 Å². The Labute approximate surface area is 139 Å². The molecule has 1 aliphatic rings. The second kappa shape index (κ2) is 6.27. The lowest BCUT2D eigenvalue weighted by Gasteiger charge is -2.10. The van der Waals surface area contributed by atoms with E-state index < -0.39 is 17.1 Å². The Morgan fingerprint density at radius 2 is 1.83 bits per heavy atom. The molecule has 24 heavy (non-hydrogen) atoms. The van der Waals surface area contributed by atoms with Gasteiger partial charge in [0.1, 0.15) is 0 Å². The topological polar surface area (TPSA) is 105 Å². The van der Waals surface area contributed by atoms with Crippen LogP contribution < -0.4 is 15.5 Å². The summed E-state index contributed by atoms with van der Waals surface area (Å²) >= 11 is 0. The molecule has 0 radical (unpaired) electrons. The smallest absolute Gasteiger partial charge is 0.423 e. The summed E-state index contributed by atoms with van der Waals surface area (Å²) in [7, 11) is -4.82. The quantitative estimate of drug-likeness (QED) is 0.706. The monoisotopic (exact) mass is 346 g/mol. The zero-order valence-electron chi connectivity index (χ0n) is 12.8. The molecule has 0 aliphatic carbocycles. The number of hydrogen-bond acceptors (Lipinski definition) is 5. The average molecular weight is 346 g/mol. The maximum absolute atomic E-state index is 12.4. The number of carbonyl (C=O) groups excluding carboxylic acids is 1. The molecule has 124 valence electrons. The number of amides is 1. The van der Waals surface area contributed by atoms with Crippen molar-refractivity contribution < 1.29 is 22.9 Å². The van der Waals surface area contributed by atoms with E-state index in [1.807, 2.05) is 0 Å². The van der Waals surface area contributed by atoms with Crippen molar-refractivity contribution in [2.45, 2.75) is 18.4 Å². The Bertz CT molecular complexity index is 883. The molecular formula is C15H15BN2O5S. The van der Waals surface area contributed by atoms with Crippen molar-refractivity contribution >= 4 is 39.9 Å². The zero-order valence-corrected chi connectivity index (χ0v) is 13.6. The van der Waals surface area contributed by atoms with Gasteiger partial charge in [-0.3, -0.25) is 9.52 Å². The van der Waals surface area contributed by atoms with Gasteiger partial charge < -0.3 is 15.0 Å².